The number of amides is 1. The number of ether oxygens (including phenoxy) is 2. The molecule has 0 saturated heterocycles. The van der Waals surface area contributed by atoms with Crippen LogP contribution in [0, 0.1) is 5.92 Å². The average molecular weight is 324 g/mol. The van der Waals surface area contributed by atoms with E-state index in [0.29, 0.717) is 5.56 Å². The van der Waals surface area contributed by atoms with Gasteiger partial charge in [-0.1, -0.05) is 32.0 Å². The molecular formula is C16H24N2O5. The zero-order valence-electron chi connectivity index (χ0n) is 13.9. The summed E-state index contributed by atoms with van der Waals surface area (Å²) < 4.78 is 10.0. The number of nitrogens with one attached hydrogen (secondary N) is 2. The summed E-state index contributed by atoms with van der Waals surface area (Å²) in [6, 6.07) is 7.86. The summed E-state index contributed by atoms with van der Waals surface area (Å²) in [5.41, 5.74) is 2.94. The first kappa shape index (κ1) is 19.1. The highest BCUT2D eigenvalue weighted by molar-refractivity contribution is 5.89. The molecule has 2 N–H and O–H groups in total. The Hall–Kier alpha value is -1.96. The van der Waals surface area contributed by atoms with E-state index in [9.17, 15) is 9.59 Å². The van der Waals surface area contributed by atoms with Crippen molar-refractivity contribution in [2.24, 2.45) is 5.92 Å². The smallest absolute Gasteiger partial charge is 0.356 e. The highest BCUT2D eigenvalue weighted by Crippen LogP contribution is 2.05. The highest BCUT2D eigenvalue weighted by atomic mass is 16.7. The Bertz CT molecular complexity index is 489. The second-order valence-electron chi connectivity index (χ2n) is 5.24. The molecule has 0 saturated carbocycles. The van der Waals surface area contributed by atoms with Crippen LogP contribution in [0.1, 0.15) is 24.2 Å². The summed E-state index contributed by atoms with van der Waals surface area (Å²) in [6.45, 7) is 3.89. The molecule has 128 valence electrons. The van der Waals surface area contributed by atoms with Crippen molar-refractivity contribution in [3.63, 3.8) is 0 Å². The zero-order valence-corrected chi connectivity index (χ0v) is 13.9. The van der Waals surface area contributed by atoms with Gasteiger partial charge in [0.25, 0.3) is 0 Å². The van der Waals surface area contributed by atoms with Crippen LogP contribution in [0.5, 0.6) is 0 Å². The molecule has 1 aromatic rings. The third-order valence-electron chi connectivity index (χ3n) is 3.21. The molecule has 0 spiro atoms. The first-order valence-corrected chi connectivity index (χ1v) is 7.34. The van der Waals surface area contributed by atoms with Gasteiger partial charge >= 0.3 is 5.97 Å². The van der Waals surface area contributed by atoms with Crippen LogP contribution in [0.2, 0.25) is 0 Å². The summed E-state index contributed by atoms with van der Waals surface area (Å²) in [6.07, 6.45) is -0.529. The van der Waals surface area contributed by atoms with E-state index in [1.54, 1.807) is 30.3 Å². The van der Waals surface area contributed by atoms with Gasteiger partial charge in [-0.2, -0.15) is 0 Å². The van der Waals surface area contributed by atoms with Crippen LogP contribution in [0.4, 0.5) is 0 Å². The van der Waals surface area contributed by atoms with E-state index in [1.165, 1.54) is 14.2 Å². The molecule has 7 nitrogen and oxygen atoms in total. The number of hydrogen-bond acceptors (Lipinski definition) is 6. The van der Waals surface area contributed by atoms with Crippen LogP contribution in [-0.4, -0.2) is 45.0 Å². The van der Waals surface area contributed by atoms with Crippen LogP contribution in [0.3, 0.4) is 0 Å². The number of rotatable bonds is 9. The number of hydrogen-bond donors (Lipinski definition) is 2. The average Bonchev–Trinajstić information content (AvgIpc) is 2.56. The Morgan fingerprint density at radius 2 is 1.70 bits per heavy atom. The summed E-state index contributed by atoms with van der Waals surface area (Å²) in [5.74, 6) is -0.933. The minimum absolute atomic E-state index is 0.0814. The van der Waals surface area contributed by atoms with Crippen LogP contribution >= 0.6 is 0 Å². The lowest BCUT2D eigenvalue weighted by atomic mass is 10.0. The number of methoxy groups -OCH3 is 2. The third kappa shape index (κ3) is 6.35. The van der Waals surface area contributed by atoms with Gasteiger partial charge < -0.3 is 19.6 Å². The lowest BCUT2D eigenvalue weighted by Gasteiger charge is -2.22. The fourth-order valence-corrected chi connectivity index (χ4v) is 1.80. The summed E-state index contributed by atoms with van der Waals surface area (Å²) in [4.78, 5) is 29.1. The number of hydroxylamine groups is 1. The first-order valence-electron chi connectivity index (χ1n) is 7.34. The largest absolute Gasteiger partial charge is 0.366 e. The normalized spacial score (nSPS) is 12.3. The molecule has 0 aliphatic carbocycles. The van der Waals surface area contributed by atoms with Crippen molar-refractivity contribution in [3.05, 3.63) is 35.9 Å². The maximum absolute atomic E-state index is 12.2. The second kappa shape index (κ2) is 9.94. The van der Waals surface area contributed by atoms with Gasteiger partial charge in [-0.3, -0.25) is 4.79 Å². The van der Waals surface area contributed by atoms with E-state index in [-0.39, 0.29) is 18.4 Å². The first-order chi connectivity index (χ1) is 11.0. The van der Waals surface area contributed by atoms with Crippen LogP contribution in [-0.2, 0) is 19.1 Å². The van der Waals surface area contributed by atoms with Crippen molar-refractivity contribution >= 4 is 11.9 Å². The van der Waals surface area contributed by atoms with Gasteiger partial charge in [0.05, 0.1) is 12.1 Å². The summed E-state index contributed by atoms with van der Waals surface area (Å²) in [5, 5.41) is 2.69. The van der Waals surface area contributed by atoms with E-state index in [2.05, 4.69) is 10.8 Å². The minimum atomic E-state index is -0.683. The number of benzene rings is 1. The molecule has 1 aromatic carbocycles. The molecule has 0 fully saturated rings. The maximum Gasteiger partial charge on any atom is 0.356 e. The molecule has 1 amide bonds. The van der Waals surface area contributed by atoms with Gasteiger partial charge in [-0.15, -0.1) is 5.48 Å². The SMILES string of the molecule is COC(CNC(=O)[C@H](NOC(=O)c1ccccc1)C(C)C)OC. The Kier molecular flexibility index (Phi) is 8.25. The Labute approximate surface area is 136 Å². The topological polar surface area (TPSA) is 85.9 Å². The van der Waals surface area contributed by atoms with E-state index >= 15 is 0 Å². The van der Waals surface area contributed by atoms with Gasteiger partial charge in [-0.05, 0) is 18.1 Å². The molecule has 0 aliphatic rings. The van der Waals surface area contributed by atoms with Crippen molar-refractivity contribution < 1.29 is 23.9 Å². The van der Waals surface area contributed by atoms with Gasteiger partial charge in [0.2, 0.25) is 5.91 Å². The Balaban J connectivity index is 2.54. The van der Waals surface area contributed by atoms with Gasteiger partial charge in [0.1, 0.15) is 6.04 Å². The molecule has 1 atom stereocenters. The highest BCUT2D eigenvalue weighted by Gasteiger charge is 2.24. The molecular weight excluding hydrogens is 300 g/mol. The van der Waals surface area contributed by atoms with Crippen LogP contribution in [0.25, 0.3) is 0 Å². The van der Waals surface area contributed by atoms with E-state index < -0.39 is 18.3 Å². The Morgan fingerprint density at radius 1 is 1.09 bits per heavy atom. The fraction of sp³-hybridized carbons (Fsp3) is 0.500. The number of carbonyl (C=O) groups excluding carboxylic acids is 2. The lowest BCUT2D eigenvalue weighted by Crippen LogP contribution is -2.49. The maximum atomic E-state index is 12.2. The minimum Gasteiger partial charge on any atom is -0.366 e. The standard InChI is InChI=1S/C16H24N2O5/c1-11(2)14(15(19)17-10-13(21-3)22-4)18-23-16(20)12-8-6-5-7-9-12/h5-9,11,13-14,18H,10H2,1-4H3,(H,17,19)/t14-/m1/s1. The summed E-state index contributed by atoms with van der Waals surface area (Å²) in [7, 11) is 2.97. The van der Waals surface area contributed by atoms with E-state index in [1.807, 2.05) is 13.8 Å². The summed E-state index contributed by atoms with van der Waals surface area (Å²) >= 11 is 0. The van der Waals surface area contributed by atoms with Crippen molar-refractivity contribution in [2.75, 3.05) is 20.8 Å². The predicted molar refractivity (Wildman–Crippen MR) is 84.4 cm³/mol. The molecule has 0 radical (unpaired) electrons. The van der Waals surface area contributed by atoms with Gasteiger partial charge in [0, 0.05) is 14.2 Å². The molecule has 1 rings (SSSR count). The lowest BCUT2D eigenvalue weighted by molar-refractivity contribution is -0.132. The molecule has 23 heavy (non-hydrogen) atoms. The predicted octanol–water partition coefficient (Wildman–Crippen LogP) is 1.11. The van der Waals surface area contributed by atoms with Crippen molar-refractivity contribution in [1.29, 1.82) is 0 Å². The van der Waals surface area contributed by atoms with E-state index in [4.69, 9.17) is 14.3 Å². The van der Waals surface area contributed by atoms with Crippen LogP contribution < -0.4 is 10.8 Å². The third-order valence-corrected chi connectivity index (χ3v) is 3.21. The van der Waals surface area contributed by atoms with Crippen molar-refractivity contribution in [3.8, 4) is 0 Å². The number of carbonyl (C=O) groups is 2. The molecule has 0 unspecified atom stereocenters. The van der Waals surface area contributed by atoms with E-state index in [0.717, 1.165) is 0 Å². The fourth-order valence-electron chi connectivity index (χ4n) is 1.80. The molecule has 0 heterocycles. The monoisotopic (exact) mass is 324 g/mol. The van der Waals surface area contributed by atoms with Gasteiger partial charge in [-0.25, -0.2) is 4.79 Å². The molecule has 7 heteroatoms. The molecule has 0 aliphatic heterocycles. The van der Waals surface area contributed by atoms with Crippen LogP contribution in [0.15, 0.2) is 30.3 Å². The Morgan fingerprint density at radius 3 is 2.22 bits per heavy atom. The van der Waals surface area contributed by atoms with Crippen molar-refractivity contribution in [2.45, 2.75) is 26.2 Å². The molecule has 0 bridgehead atoms. The quantitative estimate of drug-likeness (QED) is 0.523. The van der Waals surface area contributed by atoms with Gasteiger partial charge in [0.15, 0.2) is 6.29 Å². The zero-order chi connectivity index (χ0) is 17.2. The second-order valence-corrected chi connectivity index (χ2v) is 5.24. The van der Waals surface area contributed by atoms with Crippen molar-refractivity contribution in [1.82, 2.24) is 10.8 Å². The molecule has 0 aromatic heterocycles.